The summed E-state index contributed by atoms with van der Waals surface area (Å²) in [6.45, 7) is 18.6. The van der Waals surface area contributed by atoms with E-state index in [-0.39, 0.29) is 0 Å². The normalized spacial score (nSPS) is 17.7. The molecular weight excluding hydrogens is 352 g/mol. The zero-order valence-electron chi connectivity index (χ0n) is 20.6. The van der Waals surface area contributed by atoms with Crippen LogP contribution in [-0.4, -0.2) is 19.1 Å². The summed E-state index contributed by atoms with van der Waals surface area (Å²) >= 11 is 0. The molecule has 0 radical (unpaired) electrons. The van der Waals surface area contributed by atoms with Crippen LogP contribution in [-0.2, 0) is 0 Å². The molecule has 0 saturated carbocycles. The van der Waals surface area contributed by atoms with Crippen LogP contribution in [0.3, 0.4) is 0 Å². The zero-order chi connectivity index (χ0) is 21.9. The third kappa shape index (κ3) is 5.08. The summed E-state index contributed by atoms with van der Waals surface area (Å²) < 4.78 is 0. The second-order valence-electron chi connectivity index (χ2n) is 9.97. The lowest BCUT2D eigenvalue weighted by molar-refractivity contribution is 0.287. The molecule has 0 N–H and O–H groups in total. The van der Waals surface area contributed by atoms with Crippen molar-refractivity contribution in [2.75, 3.05) is 19.1 Å². The standard InChI is InChI=1S/C27H44N2/c1-18(2)22-14-11-12-15-23(19(3)4)26(22)28(9)29(10)27-24(20(5)6)16-13-17-25(27)21(7)8/h11,13-14,16-21,23H,12,15H2,1-10H3. The molecule has 0 spiro atoms. The van der Waals surface area contributed by atoms with Gasteiger partial charge in [-0.15, -0.1) is 0 Å². The van der Waals surface area contributed by atoms with Crippen molar-refractivity contribution in [3.63, 3.8) is 0 Å². The Bertz CT molecular complexity index is 711. The molecule has 1 aliphatic rings. The molecule has 0 fully saturated rings. The highest BCUT2D eigenvalue weighted by atomic mass is 15.6. The summed E-state index contributed by atoms with van der Waals surface area (Å²) in [5.74, 6) is 2.70. The quantitative estimate of drug-likeness (QED) is 0.435. The Morgan fingerprint density at radius 2 is 1.34 bits per heavy atom. The van der Waals surface area contributed by atoms with Gasteiger partial charge < -0.3 is 0 Å². The number of anilines is 1. The molecule has 0 aromatic heterocycles. The minimum absolute atomic E-state index is 0.494. The Kier molecular flexibility index (Phi) is 8.02. The molecule has 1 atom stereocenters. The summed E-state index contributed by atoms with van der Waals surface area (Å²) in [5.41, 5.74) is 7.24. The smallest absolute Gasteiger partial charge is 0.0639 e. The Hall–Kier alpha value is -1.70. The van der Waals surface area contributed by atoms with Crippen molar-refractivity contribution in [1.29, 1.82) is 0 Å². The Labute approximate surface area is 180 Å². The first-order valence-electron chi connectivity index (χ1n) is 11.6. The Morgan fingerprint density at radius 3 is 1.79 bits per heavy atom. The van der Waals surface area contributed by atoms with E-state index in [2.05, 4.69) is 110 Å². The van der Waals surface area contributed by atoms with Gasteiger partial charge in [0.25, 0.3) is 0 Å². The third-order valence-electron chi connectivity index (χ3n) is 6.48. The highest BCUT2D eigenvalue weighted by molar-refractivity contribution is 5.61. The minimum atomic E-state index is 0.494. The number of allylic oxidation sites excluding steroid dienone is 4. The molecule has 1 aromatic rings. The van der Waals surface area contributed by atoms with Gasteiger partial charge in [0.05, 0.1) is 5.69 Å². The van der Waals surface area contributed by atoms with Crippen molar-refractivity contribution < 1.29 is 0 Å². The Balaban J connectivity index is 2.65. The molecule has 0 amide bonds. The van der Waals surface area contributed by atoms with Gasteiger partial charge in [-0.2, -0.15) is 0 Å². The van der Waals surface area contributed by atoms with Crippen LogP contribution in [0.15, 0.2) is 41.6 Å². The highest BCUT2D eigenvalue weighted by Gasteiger charge is 2.29. The minimum Gasteiger partial charge on any atom is -0.292 e. The molecule has 29 heavy (non-hydrogen) atoms. The fraction of sp³-hybridized carbons (Fsp3) is 0.630. The summed E-state index contributed by atoms with van der Waals surface area (Å²) in [6.07, 6.45) is 7.16. The maximum Gasteiger partial charge on any atom is 0.0639 e. The topological polar surface area (TPSA) is 6.48 Å². The average molecular weight is 397 g/mol. The molecule has 0 saturated heterocycles. The van der Waals surface area contributed by atoms with Gasteiger partial charge >= 0.3 is 0 Å². The van der Waals surface area contributed by atoms with Gasteiger partial charge in [-0.3, -0.25) is 10.0 Å². The molecule has 0 aliphatic heterocycles. The number of para-hydroxylation sites is 1. The van der Waals surface area contributed by atoms with Crippen molar-refractivity contribution in [2.45, 2.75) is 80.1 Å². The molecular formula is C27H44N2. The first kappa shape index (κ1) is 23.6. The van der Waals surface area contributed by atoms with E-state index in [1.54, 1.807) is 0 Å². The second-order valence-corrected chi connectivity index (χ2v) is 9.97. The predicted octanol–water partition coefficient (Wildman–Crippen LogP) is 7.75. The lowest BCUT2D eigenvalue weighted by Crippen LogP contribution is -2.41. The van der Waals surface area contributed by atoms with Gasteiger partial charge in [0.2, 0.25) is 0 Å². The van der Waals surface area contributed by atoms with Crippen molar-refractivity contribution >= 4 is 5.69 Å². The van der Waals surface area contributed by atoms with Gasteiger partial charge in [-0.1, -0.05) is 85.7 Å². The maximum absolute atomic E-state index is 2.46. The monoisotopic (exact) mass is 396 g/mol. The average Bonchev–Trinajstić information content (AvgIpc) is 2.89. The molecule has 0 heterocycles. The summed E-state index contributed by atoms with van der Waals surface area (Å²) in [4.78, 5) is 0. The largest absolute Gasteiger partial charge is 0.292 e. The van der Waals surface area contributed by atoms with Crippen LogP contribution < -0.4 is 5.01 Å². The summed E-state index contributed by atoms with van der Waals surface area (Å²) in [6, 6.07) is 6.84. The van der Waals surface area contributed by atoms with Crippen LogP contribution in [0.1, 0.15) is 91.2 Å². The number of hydrogen-bond donors (Lipinski definition) is 0. The van der Waals surface area contributed by atoms with Crippen molar-refractivity contribution in [3.05, 3.63) is 52.7 Å². The van der Waals surface area contributed by atoms with Crippen LogP contribution in [0.25, 0.3) is 0 Å². The van der Waals surface area contributed by atoms with Gasteiger partial charge in [-0.05, 0) is 53.2 Å². The van der Waals surface area contributed by atoms with E-state index < -0.39 is 0 Å². The van der Waals surface area contributed by atoms with E-state index in [9.17, 15) is 0 Å². The fourth-order valence-corrected chi connectivity index (χ4v) is 4.68. The van der Waals surface area contributed by atoms with E-state index >= 15 is 0 Å². The zero-order valence-corrected chi connectivity index (χ0v) is 20.6. The van der Waals surface area contributed by atoms with E-state index in [1.165, 1.54) is 40.9 Å². The van der Waals surface area contributed by atoms with Gasteiger partial charge in [0, 0.05) is 25.7 Å². The van der Waals surface area contributed by atoms with Crippen molar-refractivity contribution in [2.24, 2.45) is 17.8 Å². The number of benzene rings is 1. The molecule has 1 aromatic carbocycles. The highest BCUT2D eigenvalue weighted by Crippen LogP contribution is 2.40. The fourth-order valence-electron chi connectivity index (χ4n) is 4.68. The number of rotatable bonds is 7. The molecule has 2 heteroatoms. The number of hydrazine groups is 1. The van der Waals surface area contributed by atoms with Crippen LogP contribution in [0.4, 0.5) is 5.69 Å². The first-order chi connectivity index (χ1) is 13.6. The van der Waals surface area contributed by atoms with E-state index in [0.29, 0.717) is 29.6 Å². The lowest BCUT2D eigenvalue weighted by Gasteiger charge is -2.42. The maximum atomic E-state index is 2.46. The number of hydrogen-bond acceptors (Lipinski definition) is 2. The Morgan fingerprint density at radius 1 is 0.793 bits per heavy atom. The van der Waals surface area contributed by atoms with E-state index in [4.69, 9.17) is 0 Å². The van der Waals surface area contributed by atoms with Crippen LogP contribution in [0.5, 0.6) is 0 Å². The lowest BCUT2D eigenvalue weighted by atomic mass is 9.85. The molecule has 1 unspecified atom stereocenters. The van der Waals surface area contributed by atoms with Crippen LogP contribution in [0.2, 0.25) is 0 Å². The molecule has 2 rings (SSSR count). The first-order valence-corrected chi connectivity index (χ1v) is 11.6. The van der Waals surface area contributed by atoms with Crippen molar-refractivity contribution in [1.82, 2.24) is 5.01 Å². The molecule has 1 aliphatic carbocycles. The van der Waals surface area contributed by atoms with E-state index in [0.717, 1.165) is 0 Å². The van der Waals surface area contributed by atoms with Crippen LogP contribution in [0, 0.1) is 17.8 Å². The molecule has 0 bridgehead atoms. The molecule has 162 valence electrons. The van der Waals surface area contributed by atoms with Crippen LogP contribution >= 0.6 is 0 Å². The van der Waals surface area contributed by atoms with Crippen molar-refractivity contribution in [3.8, 4) is 0 Å². The number of nitrogens with zero attached hydrogens (tertiary/aromatic N) is 2. The second kappa shape index (κ2) is 9.87. The third-order valence-corrected chi connectivity index (χ3v) is 6.48. The summed E-state index contributed by atoms with van der Waals surface area (Å²) in [5, 5.41) is 4.89. The van der Waals surface area contributed by atoms with Gasteiger partial charge in [-0.25, -0.2) is 0 Å². The van der Waals surface area contributed by atoms with Gasteiger partial charge in [0.1, 0.15) is 0 Å². The van der Waals surface area contributed by atoms with Gasteiger partial charge in [0.15, 0.2) is 0 Å². The molecule has 2 nitrogen and oxygen atoms in total. The summed E-state index contributed by atoms with van der Waals surface area (Å²) in [7, 11) is 4.53. The van der Waals surface area contributed by atoms with E-state index in [1.807, 2.05) is 0 Å². The predicted molar refractivity (Wildman–Crippen MR) is 129 cm³/mol. The SMILES string of the molecule is CC(C)C1=C(N(C)N(C)c2c(C(C)C)cccc2C(C)C)C(C(C)C)CCC=C1.